The summed E-state index contributed by atoms with van der Waals surface area (Å²) in [5, 5.41) is 24.6. The van der Waals surface area contributed by atoms with Gasteiger partial charge in [-0.05, 0) is 36.5 Å². The van der Waals surface area contributed by atoms with E-state index in [1.165, 1.54) is 24.3 Å². The van der Waals surface area contributed by atoms with Crippen LogP contribution in [0.2, 0.25) is 0 Å². The first-order valence-corrected chi connectivity index (χ1v) is 11.1. The van der Waals surface area contributed by atoms with E-state index in [-0.39, 0.29) is 40.9 Å². The Labute approximate surface area is 191 Å². The van der Waals surface area contributed by atoms with Gasteiger partial charge in [-0.15, -0.1) is 0 Å². The Morgan fingerprint density at radius 1 is 1.12 bits per heavy atom. The van der Waals surface area contributed by atoms with Crippen molar-refractivity contribution in [3.63, 3.8) is 0 Å². The van der Waals surface area contributed by atoms with Crippen molar-refractivity contribution in [3.05, 3.63) is 63.7 Å². The van der Waals surface area contributed by atoms with Crippen LogP contribution >= 0.6 is 0 Å². The molecule has 1 fully saturated rings. The predicted molar refractivity (Wildman–Crippen MR) is 121 cm³/mol. The van der Waals surface area contributed by atoms with Crippen molar-refractivity contribution in [1.82, 2.24) is 14.8 Å². The summed E-state index contributed by atoms with van der Waals surface area (Å²) in [6.07, 6.45) is 0.938. The van der Waals surface area contributed by atoms with Crippen LogP contribution in [-0.4, -0.2) is 45.7 Å². The van der Waals surface area contributed by atoms with E-state index in [0.29, 0.717) is 25.3 Å². The number of carbonyl (C=O) groups is 2. The quantitative estimate of drug-likeness (QED) is 0.501. The van der Waals surface area contributed by atoms with Gasteiger partial charge in [0, 0.05) is 55.1 Å². The molecule has 2 aliphatic heterocycles. The summed E-state index contributed by atoms with van der Waals surface area (Å²) in [5.74, 6) is -0.233. The molecule has 0 aliphatic carbocycles. The minimum Gasteiger partial charge on any atom is -0.595 e. The Hall–Kier alpha value is -3.21. The van der Waals surface area contributed by atoms with Gasteiger partial charge in [-0.25, -0.2) is 10.0 Å². The number of benzene rings is 1. The van der Waals surface area contributed by atoms with Crippen molar-refractivity contribution in [2.24, 2.45) is 11.8 Å². The fourth-order valence-corrected chi connectivity index (χ4v) is 4.74. The lowest BCUT2D eigenvalue weighted by Crippen LogP contribution is -2.99. The summed E-state index contributed by atoms with van der Waals surface area (Å²) >= 11 is 0. The summed E-state index contributed by atoms with van der Waals surface area (Å²) in [6, 6.07) is 10.1. The van der Waals surface area contributed by atoms with Gasteiger partial charge in [0.1, 0.15) is 6.04 Å². The van der Waals surface area contributed by atoms with Crippen molar-refractivity contribution in [3.8, 4) is 0 Å². The molecule has 4 atom stereocenters. The second-order valence-electron chi connectivity index (χ2n) is 9.15. The fraction of sp³-hybridized carbons (Fsp3) is 0.435. The Bertz CT molecular complexity index is 1080. The van der Waals surface area contributed by atoms with E-state index in [9.17, 15) is 19.6 Å². The van der Waals surface area contributed by atoms with Crippen LogP contribution in [0.5, 0.6) is 0 Å². The van der Waals surface area contributed by atoms with Gasteiger partial charge in [0.05, 0.1) is 0 Å². The van der Waals surface area contributed by atoms with Crippen LogP contribution < -0.4 is 21.4 Å². The molecule has 2 aromatic rings. The largest absolute Gasteiger partial charge is 0.595 e. The molecule has 3 amide bonds. The Balaban J connectivity index is 1.42. The van der Waals surface area contributed by atoms with Gasteiger partial charge in [0.15, 0.2) is 5.69 Å². The molecule has 1 unspecified atom stereocenters. The van der Waals surface area contributed by atoms with Crippen LogP contribution in [0, 0.1) is 17.0 Å². The number of hydrogen-bond donors (Lipinski definition) is 4. The smallest absolute Gasteiger partial charge is 0.318 e. The lowest BCUT2D eigenvalue weighted by atomic mass is 9.83. The van der Waals surface area contributed by atoms with Crippen molar-refractivity contribution in [2.75, 3.05) is 18.4 Å². The number of likely N-dealkylation sites (tertiary alicyclic amines) is 1. The molecule has 1 aromatic heterocycles. The van der Waals surface area contributed by atoms with Crippen LogP contribution in [0.1, 0.15) is 31.9 Å². The van der Waals surface area contributed by atoms with Crippen LogP contribution in [0.4, 0.5) is 16.2 Å². The number of rotatable bonds is 5. The molecule has 3 heterocycles. The molecule has 0 spiro atoms. The first-order chi connectivity index (χ1) is 15.7. The number of anilines is 1. The number of fused-ring (bicyclic) bond motifs is 4. The third-order valence-corrected chi connectivity index (χ3v) is 6.39. The van der Waals surface area contributed by atoms with Crippen molar-refractivity contribution >= 4 is 23.3 Å². The van der Waals surface area contributed by atoms with Crippen LogP contribution in [0.3, 0.4) is 0 Å². The Kier molecular flexibility index (Phi) is 6.50. The minimum absolute atomic E-state index is 0.00645. The molecular weight excluding hydrogens is 426 g/mol. The van der Waals surface area contributed by atoms with E-state index in [1.807, 2.05) is 24.5 Å². The number of hydrogen-bond acceptors (Lipinski definition) is 5. The third-order valence-electron chi connectivity index (χ3n) is 6.39. The van der Waals surface area contributed by atoms with Gasteiger partial charge in [-0.1, -0.05) is 19.9 Å². The van der Waals surface area contributed by atoms with Gasteiger partial charge in [-0.3, -0.25) is 9.59 Å². The molecule has 4 rings (SSSR count). The van der Waals surface area contributed by atoms with Crippen LogP contribution in [-0.2, 0) is 11.3 Å². The zero-order valence-corrected chi connectivity index (χ0v) is 18.7. The summed E-state index contributed by atoms with van der Waals surface area (Å²) in [5.41, 5.74) is 1.54. The number of amides is 3. The van der Waals surface area contributed by atoms with E-state index in [1.54, 1.807) is 17.0 Å². The molecule has 2 aliphatic rings. The highest BCUT2D eigenvalue weighted by Gasteiger charge is 2.37. The number of urea groups is 1. The van der Waals surface area contributed by atoms with Gasteiger partial charge in [0.2, 0.25) is 5.91 Å². The van der Waals surface area contributed by atoms with Crippen molar-refractivity contribution in [1.29, 1.82) is 0 Å². The van der Waals surface area contributed by atoms with E-state index in [4.69, 9.17) is 5.21 Å². The second kappa shape index (κ2) is 9.34. The lowest BCUT2D eigenvalue weighted by molar-refractivity contribution is -0.991. The van der Waals surface area contributed by atoms with Gasteiger partial charge >= 0.3 is 6.03 Å². The highest BCUT2D eigenvalue weighted by Crippen LogP contribution is 2.34. The molecule has 4 N–H and O–H groups in total. The van der Waals surface area contributed by atoms with Gasteiger partial charge < -0.3 is 25.3 Å². The lowest BCUT2D eigenvalue weighted by Gasteiger charge is -2.43. The predicted octanol–water partition coefficient (Wildman–Crippen LogP) is 1.04. The zero-order valence-electron chi connectivity index (χ0n) is 18.7. The monoisotopic (exact) mass is 455 g/mol. The van der Waals surface area contributed by atoms with E-state index in [2.05, 4.69) is 10.6 Å². The van der Waals surface area contributed by atoms with E-state index >= 15 is 0 Å². The molecule has 1 saturated heterocycles. The molecule has 1 aromatic carbocycles. The Morgan fingerprint density at radius 3 is 2.52 bits per heavy atom. The molecule has 0 saturated carbocycles. The SMILES string of the molecule is CC(C)[C@H](NC(=O)N1C[C@@H]2C[C@@H](C1)c1cccc(=O)n1C2)C(=O)Nc1ccc([NH+]([O-])O)cc1. The molecule has 10 heteroatoms. The van der Waals surface area contributed by atoms with Crippen molar-refractivity contribution in [2.45, 2.75) is 38.8 Å². The number of nitrogens with one attached hydrogen (secondary N) is 3. The molecule has 33 heavy (non-hydrogen) atoms. The van der Waals surface area contributed by atoms with Crippen molar-refractivity contribution < 1.29 is 20.0 Å². The Morgan fingerprint density at radius 2 is 1.85 bits per heavy atom. The fourth-order valence-electron chi connectivity index (χ4n) is 4.74. The number of piperidine rings is 1. The number of carbonyl (C=O) groups excluding carboxylic acids is 2. The average molecular weight is 456 g/mol. The maximum atomic E-state index is 13.1. The molecule has 2 bridgehead atoms. The first kappa shape index (κ1) is 23.0. The van der Waals surface area contributed by atoms with Gasteiger partial charge in [0.25, 0.3) is 5.56 Å². The topological polar surface area (TPSA) is 131 Å². The summed E-state index contributed by atoms with van der Waals surface area (Å²) in [6.45, 7) is 5.33. The van der Waals surface area contributed by atoms with Crippen LogP contribution in [0.25, 0.3) is 0 Å². The highest BCUT2D eigenvalue weighted by molar-refractivity contribution is 5.97. The molecule has 10 nitrogen and oxygen atoms in total. The third kappa shape index (κ3) is 4.92. The summed E-state index contributed by atoms with van der Waals surface area (Å²) in [4.78, 5) is 39.9. The van der Waals surface area contributed by atoms with Gasteiger partial charge in [-0.2, -0.15) is 5.23 Å². The highest BCUT2D eigenvalue weighted by atomic mass is 16.8. The number of aromatic nitrogens is 1. The second-order valence-corrected chi connectivity index (χ2v) is 9.15. The maximum absolute atomic E-state index is 13.1. The number of nitrogens with zero attached hydrogens (tertiary/aromatic N) is 2. The van der Waals surface area contributed by atoms with E-state index in [0.717, 1.165) is 12.1 Å². The first-order valence-electron chi connectivity index (χ1n) is 11.1. The number of pyridine rings is 1. The number of quaternary nitrogens is 1. The minimum atomic E-state index is -1.04. The zero-order chi connectivity index (χ0) is 23.7. The van der Waals surface area contributed by atoms with E-state index < -0.39 is 11.3 Å². The molecular formula is C23H29N5O5. The summed E-state index contributed by atoms with van der Waals surface area (Å²) in [7, 11) is 0. The normalized spacial score (nSPS) is 21.2. The molecule has 0 radical (unpaired) electrons. The summed E-state index contributed by atoms with van der Waals surface area (Å²) < 4.78 is 1.81. The standard InChI is InChI=1S/C23H29N5O5/c1-14(2)21(22(30)24-17-6-8-18(9-7-17)28(32)33)25-23(31)26-11-15-10-16(13-26)19-4-3-5-20(29)27(19)12-15/h3-9,14-16,21,28,32H,10-13H2,1-2H3,(H,24,30)(H,25,31)/t15-,16-,21-/m0/s1. The average Bonchev–Trinajstić information content (AvgIpc) is 2.78. The maximum Gasteiger partial charge on any atom is 0.318 e. The molecule has 176 valence electrons. The van der Waals surface area contributed by atoms with Crippen LogP contribution in [0.15, 0.2) is 47.3 Å².